The first-order chi connectivity index (χ1) is 14.0. The summed E-state index contributed by atoms with van der Waals surface area (Å²) in [5, 5.41) is 3.05. The molecule has 0 spiro atoms. The Kier molecular flexibility index (Phi) is 7.47. The summed E-state index contributed by atoms with van der Waals surface area (Å²) in [7, 11) is 0. The van der Waals surface area contributed by atoms with Crippen molar-refractivity contribution in [2.24, 2.45) is 11.8 Å². The Morgan fingerprint density at radius 2 is 1.83 bits per heavy atom. The highest BCUT2D eigenvalue weighted by Crippen LogP contribution is 2.29. The topological polar surface area (TPSA) is 61.9 Å². The van der Waals surface area contributed by atoms with E-state index in [1.807, 2.05) is 11.0 Å². The predicted molar refractivity (Wildman–Crippen MR) is 110 cm³/mol. The molecule has 7 heteroatoms. The van der Waals surface area contributed by atoms with E-state index < -0.39 is 0 Å². The molecule has 29 heavy (non-hydrogen) atoms. The molecule has 3 atom stereocenters. The van der Waals surface area contributed by atoms with E-state index in [0.717, 1.165) is 12.8 Å². The highest BCUT2D eigenvalue weighted by molar-refractivity contribution is 5.80. The summed E-state index contributed by atoms with van der Waals surface area (Å²) < 4.78 is 19.3. The highest BCUT2D eigenvalue weighted by Gasteiger charge is 2.28. The second-order valence-corrected chi connectivity index (χ2v) is 8.25. The van der Waals surface area contributed by atoms with Gasteiger partial charge in [0.25, 0.3) is 0 Å². The summed E-state index contributed by atoms with van der Waals surface area (Å²) in [5.74, 6) is 0.529. The van der Waals surface area contributed by atoms with E-state index in [9.17, 15) is 14.0 Å². The number of para-hydroxylation sites is 1. The Hall–Kier alpha value is -2.15. The van der Waals surface area contributed by atoms with E-state index in [4.69, 9.17) is 4.74 Å². The zero-order chi connectivity index (χ0) is 20.8. The third-order valence-corrected chi connectivity index (χ3v) is 6.34. The molecule has 1 aromatic carbocycles. The first kappa shape index (κ1) is 21.6. The van der Waals surface area contributed by atoms with Crippen LogP contribution in [0.4, 0.5) is 10.1 Å². The van der Waals surface area contributed by atoms with Gasteiger partial charge < -0.3 is 19.9 Å². The van der Waals surface area contributed by atoms with E-state index in [1.54, 1.807) is 17.0 Å². The van der Waals surface area contributed by atoms with Gasteiger partial charge in [0.1, 0.15) is 19.0 Å². The lowest BCUT2D eigenvalue weighted by molar-refractivity contribution is -0.138. The van der Waals surface area contributed by atoms with E-state index in [0.29, 0.717) is 43.7 Å². The zero-order valence-corrected chi connectivity index (χ0v) is 17.4. The van der Waals surface area contributed by atoms with Crippen molar-refractivity contribution in [3.63, 3.8) is 0 Å². The molecule has 2 fully saturated rings. The van der Waals surface area contributed by atoms with Crippen molar-refractivity contribution in [1.29, 1.82) is 0 Å². The number of ether oxygens (including phenoxy) is 1. The molecule has 1 aromatic rings. The number of halogens is 1. The van der Waals surface area contributed by atoms with E-state index in [-0.39, 0.29) is 36.9 Å². The van der Waals surface area contributed by atoms with Crippen LogP contribution in [0.25, 0.3) is 0 Å². The maximum atomic E-state index is 13.9. The van der Waals surface area contributed by atoms with Crippen molar-refractivity contribution in [3.05, 3.63) is 30.1 Å². The van der Waals surface area contributed by atoms with Gasteiger partial charge in [0.2, 0.25) is 11.8 Å². The molecule has 1 saturated carbocycles. The standard InChI is InChI=1S/C22H32FN3O3/c1-16-6-5-8-19(17(16)2)24-21(27)14-29-15-22(28)26-12-10-25(11-13-26)20-9-4-3-7-18(20)23/h3-4,7,9,16-17,19H,5-6,8,10-15H2,1-2H3,(H,24,27)/t16-,17-,19-/m1/s1. The fourth-order valence-corrected chi connectivity index (χ4v) is 4.26. The number of nitrogens with one attached hydrogen (secondary N) is 1. The van der Waals surface area contributed by atoms with Crippen LogP contribution in [0.5, 0.6) is 0 Å². The molecule has 1 N–H and O–H groups in total. The fourth-order valence-electron chi connectivity index (χ4n) is 4.26. The summed E-state index contributed by atoms with van der Waals surface area (Å²) in [6.07, 6.45) is 3.35. The van der Waals surface area contributed by atoms with Gasteiger partial charge in [-0.2, -0.15) is 0 Å². The number of piperazine rings is 1. The summed E-state index contributed by atoms with van der Waals surface area (Å²) >= 11 is 0. The lowest BCUT2D eigenvalue weighted by atomic mass is 9.78. The number of hydrogen-bond donors (Lipinski definition) is 1. The molecule has 0 aromatic heterocycles. The highest BCUT2D eigenvalue weighted by atomic mass is 19.1. The van der Waals surface area contributed by atoms with Gasteiger partial charge in [-0.25, -0.2) is 4.39 Å². The number of nitrogens with zero attached hydrogens (tertiary/aromatic N) is 2. The van der Waals surface area contributed by atoms with Gasteiger partial charge in [-0.15, -0.1) is 0 Å². The summed E-state index contributed by atoms with van der Waals surface area (Å²) in [6.45, 7) is 6.38. The molecule has 0 unspecified atom stereocenters. The average Bonchev–Trinajstić information content (AvgIpc) is 2.72. The molecule has 6 nitrogen and oxygen atoms in total. The number of rotatable bonds is 6. The van der Waals surface area contributed by atoms with Crippen molar-refractivity contribution in [2.75, 3.05) is 44.3 Å². The maximum Gasteiger partial charge on any atom is 0.248 e. The van der Waals surface area contributed by atoms with Crippen molar-refractivity contribution < 1.29 is 18.7 Å². The molecule has 0 radical (unpaired) electrons. The Morgan fingerprint density at radius 3 is 2.55 bits per heavy atom. The van der Waals surface area contributed by atoms with E-state index >= 15 is 0 Å². The predicted octanol–water partition coefficient (Wildman–Crippen LogP) is 2.43. The minimum Gasteiger partial charge on any atom is -0.366 e. The van der Waals surface area contributed by atoms with E-state index in [1.165, 1.54) is 12.5 Å². The minimum absolute atomic E-state index is 0.0987. The van der Waals surface area contributed by atoms with Crippen molar-refractivity contribution in [3.8, 4) is 0 Å². The van der Waals surface area contributed by atoms with Gasteiger partial charge >= 0.3 is 0 Å². The van der Waals surface area contributed by atoms with Crippen LogP contribution in [0.1, 0.15) is 33.1 Å². The number of benzene rings is 1. The van der Waals surface area contributed by atoms with Crippen LogP contribution >= 0.6 is 0 Å². The van der Waals surface area contributed by atoms with Crippen LogP contribution in [0, 0.1) is 17.7 Å². The molecule has 1 aliphatic carbocycles. The van der Waals surface area contributed by atoms with Crippen LogP contribution in [0.2, 0.25) is 0 Å². The van der Waals surface area contributed by atoms with Gasteiger partial charge in [0.05, 0.1) is 5.69 Å². The third-order valence-electron chi connectivity index (χ3n) is 6.34. The first-order valence-corrected chi connectivity index (χ1v) is 10.6. The zero-order valence-electron chi connectivity index (χ0n) is 17.4. The Labute approximate surface area is 172 Å². The summed E-state index contributed by atoms with van der Waals surface area (Å²) in [6, 6.07) is 6.87. The van der Waals surface area contributed by atoms with Crippen LogP contribution < -0.4 is 10.2 Å². The molecular weight excluding hydrogens is 373 g/mol. The van der Waals surface area contributed by atoms with Crippen molar-refractivity contribution in [1.82, 2.24) is 10.2 Å². The van der Waals surface area contributed by atoms with Crippen LogP contribution in [0.3, 0.4) is 0 Å². The van der Waals surface area contributed by atoms with E-state index in [2.05, 4.69) is 19.2 Å². The summed E-state index contributed by atoms with van der Waals surface area (Å²) in [4.78, 5) is 28.2. The fraction of sp³-hybridized carbons (Fsp3) is 0.636. The average molecular weight is 406 g/mol. The second-order valence-electron chi connectivity index (χ2n) is 8.25. The molecule has 1 saturated heterocycles. The molecule has 0 bridgehead atoms. The quantitative estimate of drug-likeness (QED) is 0.790. The molecule has 2 aliphatic rings. The normalized spacial score (nSPS) is 25.0. The van der Waals surface area contributed by atoms with Gasteiger partial charge in [-0.05, 0) is 30.4 Å². The Balaban J connectivity index is 1.36. The SMILES string of the molecule is C[C@@H]1[C@H](C)CCC[C@H]1NC(=O)COCC(=O)N1CCN(c2ccccc2F)CC1. The van der Waals surface area contributed by atoms with Crippen molar-refractivity contribution >= 4 is 17.5 Å². The molecule has 2 amide bonds. The molecule has 160 valence electrons. The second kappa shape index (κ2) is 10.1. The molecule has 3 rings (SSSR count). The molecule has 1 heterocycles. The van der Waals surface area contributed by atoms with Crippen LogP contribution in [-0.4, -0.2) is 62.1 Å². The number of amides is 2. The number of carbonyl (C=O) groups excluding carboxylic acids is 2. The number of anilines is 1. The Bertz CT molecular complexity index is 706. The van der Waals surface area contributed by atoms with Crippen LogP contribution in [0.15, 0.2) is 24.3 Å². The van der Waals surface area contributed by atoms with Crippen LogP contribution in [-0.2, 0) is 14.3 Å². The number of carbonyl (C=O) groups is 2. The minimum atomic E-state index is -0.247. The maximum absolute atomic E-state index is 13.9. The van der Waals surface area contributed by atoms with Gasteiger partial charge in [-0.3, -0.25) is 9.59 Å². The van der Waals surface area contributed by atoms with Gasteiger partial charge in [-0.1, -0.05) is 38.8 Å². The van der Waals surface area contributed by atoms with Gasteiger partial charge in [0, 0.05) is 32.2 Å². The largest absolute Gasteiger partial charge is 0.366 e. The number of hydrogen-bond acceptors (Lipinski definition) is 4. The lowest BCUT2D eigenvalue weighted by Crippen LogP contribution is -2.50. The smallest absolute Gasteiger partial charge is 0.248 e. The van der Waals surface area contributed by atoms with Crippen molar-refractivity contribution in [2.45, 2.75) is 39.2 Å². The molecular formula is C22H32FN3O3. The summed E-state index contributed by atoms with van der Waals surface area (Å²) in [5.41, 5.74) is 0.568. The lowest BCUT2D eigenvalue weighted by Gasteiger charge is -2.36. The monoisotopic (exact) mass is 405 g/mol. The first-order valence-electron chi connectivity index (χ1n) is 10.6. The molecule has 1 aliphatic heterocycles. The third kappa shape index (κ3) is 5.69. The van der Waals surface area contributed by atoms with Gasteiger partial charge in [0.15, 0.2) is 0 Å². The Morgan fingerprint density at radius 1 is 1.10 bits per heavy atom.